The van der Waals surface area contributed by atoms with Crippen molar-refractivity contribution in [1.29, 1.82) is 0 Å². The van der Waals surface area contributed by atoms with Crippen LogP contribution in [-0.4, -0.2) is 11.1 Å². The molecule has 0 saturated heterocycles. The predicted molar refractivity (Wildman–Crippen MR) is 73.2 cm³/mol. The van der Waals surface area contributed by atoms with Crippen LogP contribution in [-0.2, 0) is 4.79 Å². The van der Waals surface area contributed by atoms with E-state index in [1.54, 1.807) is 6.08 Å². The average molecular weight is 240 g/mol. The molecule has 0 aliphatic carbocycles. The third-order valence-electron chi connectivity index (χ3n) is 3.08. The first-order valence-electron chi connectivity index (χ1n) is 7.08. The van der Waals surface area contributed by atoms with Gasteiger partial charge in [-0.25, -0.2) is 4.79 Å². The highest BCUT2D eigenvalue weighted by Gasteiger charge is 1.98. The Morgan fingerprint density at radius 1 is 1.06 bits per heavy atom. The molecule has 100 valence electrons. The highest BCUT2D eigenvalue weighted by molar-refractivity contribution is 5.79. The monoisotopic (exact) mass is 240 g/mol. The first kappa shape index (κ1) is 16.2. The van der Waals surface area contributed by atoms with Gasteiger partial charge in [-0.3, -0.25) is 0 Å². The molecule has 1 unspecified atom stereocenters. The largest absolute Gasteiger partial charge is 0.478 e. The van der Waals surface area contributed by atoms with Crippen LogP contribution in [0.5, 0.6) is 0 Å². The van der Waals surface area contributed by atoms with Gasteiger partial charge in [0.2, 0.25) is 0 Å². The van der Waals surface area contributed by atoms with E-state index in [-0.39, 0.29) is 0 Å². The maximum atomic E-state index is 10.3. The Morgan fingerprint density at radius 2 is 1.59 bits per heavy atom. The zero-order chi connectivity index (χ0) is 12.9. The van der Waals surface area contributed by atoms with Crippen molar-refractivity contribution in [1.82, 2.24) is 0 Å². The van der Waals surface area contributed by atoms with Crippen LogP contribution in [0.15, 0.2) is 12.2 Å². The van der Waals surface area contributed by atoms with E-state index in [1.807, 2.05) is 0 Å². The zero-order valence-electron chi connectivity index (χ0n) is 11.5. The number of rotatable bonds is 11. The number of carbonyl (C=O) groups is 1. The summed E-state index contributed by atoms with van der Waals surface area (Å²) in [6.07, 6.45) is 14.8. The molecule has 0 radical (unpaired) electrons. The number of carboxylic acid groups (broad SMARTS) is 1. The van der Waals surface area contributed by atoms with Gasteiger partial charge >= 0.3 is 5.97 Å². The number of hydrogen-bond donors (Lipinski definition) is 1. The fraction of sp³-hybridized carbons (Fsp3) is 0.800. The summed E-state index contributed by atoms with van der Waals surface area (Å²) in [5.74, 6) is -0.445. The molecule has 0 saturated carbocycles. The predicted octanol–water partition coefficient (Wildman–Crippen LogP) is 4.79. The van der Waals surface area contributed by atoms with Crippen molar-refractivity contribution in [2.24, 2.45) is 5.92 Å². The molecule has 0 bridgehead atoms. The minimum atomic E-state index is -0.840. The van der Waals surface area contributed by atoms with Gasteiger partial charge in [0.25, 0.3) is 0 Å². The van der Waals surface area contributed by atoms with Crippen LogP contribution in [0.4, 0.5) is 0 Å². The van der Waals surface area contributed by atoms with Crippen LogP contribution in [0.1, 0.15) is 71.6 Å². The summed E-state index contributed by atoms with van der Waals surface area (Å²) in [5.41, 5.74) is 0. The van der Waals surface area contributed by atoms with Crippen LogP contribution in [0.2, 0.25) is 0 Å². The Balaban J connectivity index is 3.24. The van der Waals surface area contributed by atoms with Gasteiger partial charge in [0.05, 0.1) is 0 Å². The van der Waals surface area contributed by atoms with Crippen molar-refractivity contribution in [3.63, 3.8) is 0 Å². The number of unbranched alkanes of at least 4 members (excludes halogenated alkanes) is 7. The zero-order valence-corrected chi connectivity index (χ0v) is 11.5. The van der Waals surface area contributed by atoms with E-state index < -0.39 is 5.97 Å². The van der Waals surface area contributed by atoms with Gasteiger partial charge in [-0.05, 0) is 12.3 Å². The van der Waals surface area contributed by atoms with E-state index in [9.17, 15) is 4.79 Å². The lowest BCUT2D eigenvalue weighted by atomic mass is 10.0. The topological polar surface area (TPSA) is 37.3 Å². The van der Waals surface area contributed by atoms with Gasteiger partial charge in [0.15, 0.2) is 0 Å². The molecule has 2 nitrogen and oxygen atoms in total. The first-order valence-corrected chi connectivity index (χ1v) is 7.08. The molecule has 0 aromatic rings. The normalized spacial score (nSPS) is 13.1. The van der Waals surface area contributed by atoms with Gasteiger partial charge < -0.3 is 5.11 Å². The number of hydrogen-bond acceptors (Lipinski definition) is 1. The van der Waals surface area contributed by atoms with Crippen LogP contribution in [0.25, 0.3) is 0 Å². The van der Waals surface area contributed by atoms with E-state index in [4.69, 9.17) is 5.11 Å². The van der Waals surface area contributed by atoms with Crippen molar-refractivity contribution in [3.05, 3.63) is 12.2 Å². The lowest BCUT2D eigenvalue weighted by Gasteiger charge is -2.05. The van der Waals surface area contributed by atoms with E-state index >= 15 is 0 Å². The SMILES string of the molecule is CCCCCCCCCCC(C)/C=C/C(=O)O. The molecule has 17 heavy (non-hydrogen) atoms. The second kappa shape index (κ2) is 11.7. The molecule has 2 heteroatoms. The molecular weight excluding hydrogens is 212 g/mol. The molecule has 1 N–H and O–H groups in total. The molecule has 0 aliphatic heterocycles. The summed E-state index contributed by atoms with van der Waals surface area (Å²) in [7, 11) is 0. The Kier molecular flexibility index (Phi) is 11.1. The third kappa shape index (κ3) is 13.1. The van der Waals surface area contributed by atoms with Gasteiger partial charge in [-0.15, -0.1) is 0 Å². The van der Waals surface area contributed by atoms with Crippen molar-refractivity contribution >= 4 is 5.97 Å². The molecule has 0 heterocycles. The smallest absolute Gasteiger partial charge is 0.327 e. The molecule has 0 amide bonds. The highest BCUT2D eigenvalue weighted by Crippen LogP contribution is 2.13. The van der Waals surface area contributed by atoms with E-state index in [2.05, 4.69) is 13.8 Å². The van der Waals surface area contributed by atoms with Crippen LogP contribution in [0.3, 0.4) is 0 Å². The summed E-state index contributed by atoms with van der Waals surface area (Å²) < 4.78 is 0. The van der Waals surface area contributed by atoms with Crippen LogP contribution < -0.4 is 0 Å². The Morgan fingerprint density at radius 3 is 2.12 bits per heavy atom. The Labute approximate surface area is 106 Å². The summed E-state index contributed by atoms with van der Waals surface area (Å²) in [6.45, 7) is 4.33. The molecule has 1 atom stereocenters. The van der Waals surface area contributed by atoms with Crippen LogP contribution >= 0.6 is 0 Å². The quantitative estimate of drug-likeness (QED) is 0.416. The van der Waals surface area contributed by atoms with E-state index in [0.29, 0.717) is 5.92 Å². The van der Waals surface area contributed by atoms with Gasteiger partial charge in [0.1, 0.15) is 0 Å². The molecule has 0 aromatic carbocycles. The summed E-state index contributed by atoms with van der Waals surface area (Å²) >= 11 is 0. The second-order valence-electron chi connectivity index (χ2n) is 4.94. The van der Waals surface area contributed by atoms with Crippen molar-refractivity contribution in [3.8, 4) is 0 Å². The van der Waals surface area contributed by atoms with E-state index in [0.717, 1.165) is 6.42 Å². The van der Waals surface area contributed by atoms with Gasteiger partial charge in [0, 0.05) is 6.08 Å². The Hall–Kier alpha value is -0.790. The lowest BCUT2D eigenvalue weighted by molar-refractivity contribution is -0.131. The summed E-state index contributed by atoms with van der Waals surface area (Å²) in [6, 6.07) is 0. The minimum Gasteiger partial charge on any atom is -0.478 e. The van der Waals surface area contributed by atoms with Crippen molar-refractivity contribution < 1.29 is 9.90 Å². The maximum absolute atomic E-state index is 10.3. The van der Waals surface area contributed by atoms with E-state index in [1.165, 1.54) is 57.4 Å². The fourth-order valence-corrected chi connectivity index (χ4v) is 1.94. The first-order chi connectivity index (χ1) is 8.16. The molecule has 0 fully saturated rings. The maximum Gasteiger partial charge on any atom is 0.327 e. The molecule has 0 aliphatic rings. The Bertz CT molecular complexity index is 209. The fourth-order valence-electron chi connectivity index (χ4n) is 1.94. The van der Waals surface area contributed by atoms with Crippen LogP contribution in [0, 0.1) is 5.92 Å². The standard InChI is InChI=1S/C15H28O2/c1-3-4-5-6-7-8-9-10-11-14(2)12-13-15(16)17/h12-14H,3-11H2,1-2H3,(H,16,17)/b13-12+. The molecule has 0 aromatic heterocycles. The molecule has 0 rings (SSSR count). The average Bonchev–Trinajstić information content (AvgIpc) is 2.30. The van der Waals surface area contributed by atoms with Crippen molar-refractivity contribution in [2.75, 3.05) is 0 Å². The van der Waals surface area contributed by atoms with Gasteiger partial charge in [-0.2, -0.15) is 0 Å². The highest BCUT2D eigenvalue weighted by atomic mass is 16.4. The number of carboxylic acids is 1. The summed E-state index contributed by atoms with van der Waals surface area (Å²) in [5, 5.41) is 8.49. The lowest BCUT2D eigenvalue weighted by Crippen LogP contribution is -1.93. The molecule has 0 spiro atoms. The molecular formula is C15H28O2. The van der Waals surface area contributed by atoms with Crippen molar-refractivity contribution in [2.45, 2.75) is 71.6 Å². The summed E-state index contributed by atoms with van der Waals surface area (Å²) in [4.78, 5) is 10.3. The second-order valence-corrected chi connectivity index (χ2v) is 4.94. The minimum absolute atomic E-state index is 0.395. The third-order valence-corrected chi connectivity index (χ3v) is 3.08. The number of aliphatic carboxylic acids is 1. The number of allylic oxidation sites excluding steroid dienone is 1. The van der Waals surface area contributed by atoms with Gasteiger partial charge in [-0.1, -0.05) is 71.3 Å².